The number of hydrogen-bond donors (Lipinski definition) is 1. The average molecular weight is 367 g/mol. The zero-order valence-corrected chi connectivity index (χ0v) is 16.1. The Morgan fingerprint density at radius 1 is 1.25 bits per heavy atom. The molecule has 4 nitrogen and oxygen atoms in total. The van der Waals surface area contributed by atoms with E-state index in [-0.39, 0.29) is 5.91 Å². The molecule has 0 unspecified atom stereocenters. The van der Waals surface area contributed by atoms with Gasteiger partial charge in [-0.2, -0.15) is 0 Å². The zero-order chi connectivity index (χ0) is 17.5. The van der Waals surface area contributed by atoms with Crippen LogP contribution >= 0.6 is 22.9 Å². The molecule has 1 amide bonds. The minimum absolute atomic E-state index is 0.0431. The molecule has 6 heteroatoms. The molecule has 0 saturated carbocycles. The van der Waals surface area contributed by atoms with Gasteiger partial charge < -0.3 is 4.90 Å². The Morgan fingerprint density at radius 3 is 2.50 bits per heavy atom. The van der Waals surface area contributed by atoms with Crippen LogP contribution in [0.2, 0.25) is 5.02 Å². The average Bonchev–Trinajstić information content (AvgIpc) is 3.05. The van der Waals surface area contributed by atoms with Gasteiger partial charge in [0.15, 0.2) is 5.13 Å². The van der Waals surface area contributed by atoms with Crippen LogP contribution in [0.5, 0.6) is 0 Å². The van der Waals surface area contributed by atoms with Crippen LogP contribution in [0, 0.1) is 0 Å². The fourth-order valence-corrected chi connectivity index (χ4v) is 3.65. The first-order valence-electron chi connectivity index (χ1n) is 8.38. The molecule has 2 aromatic rings. The van der Waals surface area contributed by atoms with Gasteiger partial charge in [-0.3, -0.25) is 9.69 Å². The molecule has 1 heterocycles. The monoisotopic (exact) mass is 366 g/mol. The van der Waals surface area contributed by atoms with Crippen molar-refractivity contribution in [2.45, 2.75) is 27.2 Å². The van der Waals surface area contributed by atoms with Crippen molar-refractivity contribution in [1.82, 2.24) is 4.98 Å². The van der Waals surface area contributed by atoms with Gasteiger partial charge in [-0.1, -0.05) is 23.7 Å². The summed E-state index contributed by atoms with van der Waals surface area (Å²) in [6.07, 6.45) is 0.979. The maximum Gasteiger partial charge on any atom is 0.225 e. The molecule has 0 bridgehead atoms. The summed E-state index contributed by atoms with van der Waals surface area (Å²) >= 11 is 7.44. The molecule has 1 aromatic heterocycles. The Balaban J connectivity index is 2.06. The number of nitrogens with zero attached hydrogens (tertiary/aromatic N) is 2. The van der Waals surface area contributed by atoms with Crippen molar-refractivity contribution in [3.63, 3.8) is 0 Å². The maximum atomic E-state index is 12.0. The lowest BCUT2D eigenvalue weighted by Crippen LogP contribution is -3.11. The molecule has 0 fully saturated rings. The standard InChI is InChI=1S/C18H24ClN3OS/c1-4-21(5-2)11-6-12-22(14(3)23)18-20-17(13-24-18)15-7-9-16(19)10-8-15/h7-10,13H,4-6,11-12H2,1-3H3/p+1. The lowest BCUT2D eigenvalue weighted by atomic mass is 10.2. The first kappa shape index (κ1) is 18.9. The summed E-state index contributed by atoms with van der Waals surface area (Å²) in [5.74, 6) is 0.0431. The number of nitrogens with one attached hydrogen (secondary N) is 1. The molecular weight excluding hydrogens is 342 g/mol. The van der Waals surface area contributed by atoms with Crippen molar-refractivity contribution in [2.24, 2.45) is 0 Å². The number of anilines is 1. The van der Waals surface area contributed by atoms with E-state index in [2.05, 4.69) is 18.8 Å². The number of quaternary nitrogens is 1. The number of halogens is 1. The van der Waals surface area contributed by atoms with E-state index in [4.69, 9.17) is 11.6 Å². The third kappa shape index (κ3) is 5.03. The summed E-state index contributed by atoms with van der Waals surface area (Å²) in [4.78, 5) is 20.0. The second kappa shape index (κ2) is 9.16. The number of carbonyl (C=O) groups is 1. The van der Waals surface area contributed by atoms with Gasteiger partial charge in [-0.25, -0.2) is 4.98 Å². The molecule has 1 N–H and O–H groups in total. The molecule has 0 aliphatic carbocycles. The van der Waals surface area contributed by atoms with E-state index < -0.39 is 0 Å². The number of carbonyl (C=O) groups excluding carboxylic acids is 1. The van der Waals surface area contributed by atoms with E-state index in [0.717, 1.165) is 42.4 Å². The zero-order valence-electron chi connectivity index (χ0n) is 14.5. The van der Waals surface area contributed by atoms with Crippen LogP contribution in [0.4, 0.5) is 5.13 Å². The molecule has 130 valence electrons. The number of thiazole rings is 1. The summed E-state index contributed by atoms with van der Waals surface area (Å²) in [6, 6.07) is 7.60. The highest BCUT2D eigenvalue weighted by Gasteiger charge is 2.16. The lowest BCUT2D eigenvalue weighted by Gasteiger charge is -2.20. The van der Waals surface area contributed by atoms with Gasteiger partial charge in [-0.15, -0.1) is 11.3 Å². The SMILES string of the molecule is CC[NH+](CC)CCCN(C(C)=O)c1nc(-c2ccc(Cl)cc2)cs1. The molecule has 24 heavy (non-hydrogen) atoms. The van der Waals surface area contributed by atoms with Crippen LogP contribution in [0.15, 0.2) is 29.6 Å². The van der Waals surface area contributed by atoms with Crippen molar-refractivity contribution >= 4 is 34.0 Å². The van der Waals surface area contributed by atoms with Crippen molar-refractivity contribution < 1.29 is 9.69 Å². The molecule has 0 saturated heterocycles. The smallest absolute Gasteiger partial charge is 0.225 e. The minimum atomic E-state index is 0.0431. The number of rotatable bonds is 8. The predicted molar refractivity (Wildman–Crippen MR) is 102 cm³/mol. The van der Waals surface area contributed by atoms with Crippen LogP contribution in [0.3, 0.4) is 0 Å². The van der Waals surface area contributed by atoms with Crippen LogP contribution < -0.4 is 9.80 Å². The molecule has 0 aliphatic heterocycles. The fourth-order valence-electron chi connectivity index (χ4n) is 2.62. The Kier molecular flexibility index (Phi) is 7.21. The summed E-state index contributed by atoms with van der Waals surface area (Å²) in [6.45, 7) is 10.0. The predicted octanol–water partition coefficient (Wildman–Crippen LogP) is 3.13. The number of benzene rings is 1. The Labute approximate surface area is 153 Å². The highest BCUT2D eigenvalue weighted by Crippen LogP contribution is 2.28. The Morgan fingerprint density at radius 2 is 1.92 bits per heavy atom. The van der Waals surface area contributed by atoms with Gasteiger partial charge in [0, 0.05) is 35.9 Å². The first-order chi connectivity index (χ1) is 11.5. The maximum absolute atomic E-state index is 12.0. The van der Waals surface area contributed by atoms with E-state index in [0.29, 0.717) is 11.6 Å². The Bertz CT molecular complexity index is 653. The fraction of sp³-hybridized carbons (Fsp3) is 0.444. The van der Waals surface area contributed by atoms with Crippen LogP contribution in [0.25, 0.3) is 11.3 Å². The van der Waals surface area contributed by atoms with Crippen molar-refractivity contribution in [3.8, 4) is 11.3 Å². The van der Waals surface area contributed by atoms with Gasteiger partial charge in [0.1, 0.15) is 0 Å². The summed E-state index contributed by atoms with van der Waals surface area (Å²) in [7, 11) is 0. The van der Waals surface area contributed by atoms with Gasteiger partial charge in [0.2, 0.25) is 5.91 Å². The second-order valence-corrected chi connectivity index (χ2v) is 7.03. The molecule has 0 atom stereocenters. The third-order valence-electron chi connectivity index (χ3n) is 4.16. The Hall–Kier alpha value is -1.43. The van der Waals surface area contributed by atoms with Crippen molar-refractivity contribution in [3.05, 3.63) is 34.7 Å². The quantitative estimate of drug-likeness (QED) is 0.779. The largest absolute Gasteiger partial charge is 0.335 e. The van der Waals surface area contributed by atoms with E-state index in [1.54, 1.807) is 16.7 Å². The highest BCUT2D eigenvalue weighted by atomic mass is 35.5. The lowest BCUT2D eigenvalue weighted by molar-refractivity contribution is -0.896. The van der Waals surface area contributed by atoms with Crippen molar-refractivity contribution in [1.29, 1.82) is 0 Å². The van der Waals surface area contributed by atoms with Gasteiger partial charge in [0.05, 0.1) is 25.3 Å². The van der Waals surface area contributed by atoms with Crippen LogP contribution in [-0.2, 0) is 4.79 Å². The molecule has 0 spiro atoms. The third-order valence-corrected chi connectivity index (χ3v) is 5.27. The van der Waals surface area contributed by atoms with Crippen LogP contribution in [0.1, 0.15) is 27.2 Å². The molecule has 0 aliphatic rings. The van der Waals surface area contributed by atoms with E-state index in [9.17, 15) is 4.79 Å². The number of amides is 1. The van der Waals surface area contributed by atoms with Gasteiger partial charge in [-0.05, 0) is 26.0 Å². The van der Waals surface area contributed by atoms with E-state index in [1.807, 2.05) is 29.6 Å². The summed E-state index contributed by atoms with van der Waals surface area (Å²) < 4.78 is 0. The summed E-state index contributed by atoms with van der Waals surface area (Å²) in [5.41, 5.74) is 1.89. The number of aromatic nitrogens is 1. The summed E-state index contributed by atoms with van der Waals surface area (Å²) in [5, 5.41) is 3.46. The molecule has 2 rings (SSSR count). The topological polar surface area (TPSA) is 37.6 Å². The normalized spacial score (nSPS) is 11.0. The van der Waals surface area contributed by atoms with E-state index >= 15 is 0 Å². The molecular formula is C18H25ClN3OS+. The number of hydrogen-bond acceptors (Lipinski definition) is 3. The van der Waals surface area contributed by atoms with E-state index in [1.165, 1.54) is 11.3 Å². The van der Waals surface area contributed by atoms with Crippen molar-refractivity contribution in [2.75, 3.05) is 31.1 Å². The first-order valence-corrected chi connectivity index (χ1v) is 9.64. The van der Waals surface area contributed by atoms with Gasteiger partial charge in [0.25, 0.3) is 0 Å². The highest BCUT2D eigenvalue weighted by molar-refractivity contribution is 7.14. The van der Waals surface area contributed by atoms with Gasteiger partial charge >= 0.3 is 0 Å². The molecule has 0 radical (unpaired) electrons. The van der Waals surface area contributed by atoms with Crippen LogP contribution in [-0.4, -0.2) is 37.1 Å². The second-order valence-electron chi connectivity index (χ2n) is 5.75. The minimum Gasteiger partial charge on any atom is -0.335 e. The molecule has 1 aromatic carbocycles.